The Morgan fingerprint density at radius 3 is 1.61 bits per heavy atom. The monoisotopic (exact) mass is 948 g/mol. The summed E-state index contributed by atoms with van der Waals surface area (Å²) in [6, 6.07) is -0.865. The van der Waals surface area contributed by atoms with Gasteiger partial charge in [-0.15, -0.1) is 0 Å². The lowest BCUT2D eigenvalue weighted by atomic mass is 9.99. The zero-order valence-electron chi connectivity index (χ0n) is 43.5. The Bertz CT molecular complexity index is 1280. The van der Waals surface area contributed by atoms with Gasteiger partial charge in [-0.05, 0) is 82.5 Å². The average molecular weight is 948 g/mol. The lowest BCUT2D eigenvalue weighted by molar-refractivity contribution is -0.310. The molecule has 3 aliphatic rings. The molecule has 3 fully saturated rings. The van der Waals surface area contributed by atoms with Gasteiger partial charge in [0.05, 0.1) is 32.0 Å². The number of allylic oxidation sites excluding steroid dienone is 3. The van der Waals surface area contributed by atoms with Gasteiger partial charge in [0.1, 0.15) is 30.5 Å². The maximum atomic E-state index is 13.4. The Kier molecular flexibility index (Phi) is 33.5. The summed E-state index contributed by atoms with van der Waals surface area (Å²) in [7, 11) is 0. The molecule has 2 saturated carbocycles. The quantitative estimate of drug-likeness (QED) is 0.0258. The Labute approximate surface area is 410 Å². The number of hydrogen-bond donors (Lipinski definition) is 6. The van der Waals surface area contributed by atoms with Crippen LogP contribution >= 0.6 is 0 Å². The van der Waals surface area contributed by atoms with Crippen molar-refractivity contribution in [3.8, 4) is 0 Å². The molecule has 0 aromatic carbocycles. The summed E-state index contributed by atoms with van der Waals surface area (Å²) in [6.07, 6.45) is 38.3. The van der Waals surface area contributed by atoms with Gasteiger partial charge in [0.2, 0.25) is 5.91 Å². The van der Waals surface area contributed by atoms with Crippen molar-refractivity contribution in [3.05, 3.63) is 23.8 Å². The van der Waals surface area contributed by atoms with Gasteiger partial charge >= 0.3 is 0 Å². The number of unbranched alkanes of at least 4 members (excludes halogenated alkanes) is 20. The fourth-order valence-electron chi connectivity index (χ4n) is 10.3. The molecule has 0 spiro atoms. The van der Waals surface area contributed by atoms with E-state index in [1.54, 1.807) is 0 Å². The third kappa shape index (κ3) is 27.2. The summed E-state index contributed by atoms with van der Waals surface area (Å²) in [5.41, 5.74) is 1.01. The molecule has 6 N–H and O–H groups in total. The van der Waals surface area contributed by atoms with Gasteiger partial charge in [-0.25, -0.2) is 0 Å². The Balaban J connectivity index is 1.37. The lowest BCUT2D eigenvalue weighted by Crippen LogP contribution is -2.61. The Hall–Kier alpha value is -1.37. The second kappa shape index (κ2) is 37.4. The molecule has 0 bridgehead atoms. The van der Waals surface area contributed by atoms with E-state index in [0.717, 1.165) is 54.9 Å². The maximum absolute atomic E-state index is 13.4. The van der Waals surface area contributed by atoms with Crippen LogP contribution in [0.15, 0.2) is 23.8 Å². The fourth-order valence-corrected chi connectivity index (χ4v) is 10.3. The summed E-state index contributed by atoms with van der Waals surface area (Å²) >= 11 is 0. The van der Waals surface area contributed by atoms with Crippen molar-refractivity contribution in [2.75, 3.05) is 19.8 Å². The van der Waals surface area contributed by atoms with Gasteiger partial charge in [-0.1, -0.05) is 205 Å². The van der Waals surface area contributed by atoms with Gasteiger partial charge in [-0.2, -0.15) is 0 Å². The Morgan fingerprint density at radius 1 is 0.627 bits per heavy atom. The first kappa shape index (κ1) is 59.9. The van der Waals surface area contributed by atoms with Crippen molar-refractivity contribution in [1.82, 2.24) is 5.32 Å². The highest BCUT2D eigenvalue weighted by atomic mass is 16.7. The topological polar surface area (TPSA) is 158 Å². The van der Waals surface area contributed by atoms with Gasteiger partial charge in [-0.3, -0.25) is 4.79 Å². The molecular formula is C57H105NO9. The van der Waals surface area contributed by atoms with Gasteiger partial charge in [0.15, 0.2) is 6.29 Å². The predicted octanol–water partition coefficient (Wildman–Crippen LogP) is 12.0. The molecule has 10 heteroatoms. The second-order valence-corrected chi connectivity index (χ2v) is 21.5. The van der Waals surface area contributed by atoms with E-state index in [4.69, 9.17) is 14.2 Å². The van der Waals surface area contributed by atoms with E-state index in [2.05, 4.69) is 31.3 Å². The third-order valence-corrected chi connectivity index (χ3v) is 15.2. The first-order valence-corrected chi connectivity index (χ1v) is 28.4. The number of ether oxygens (including phenoxy) is 3. The first-order valence-electron chi connectivity index (χ1n) is 28.4. The second-order valence-electron chi connectivity index (χ2n) is 21.5. The highest BCUT2D eigenvalue weighted by molar-refractivity contribution is 5.80. The number of carbonyl (C=O) groups is 1. The van der Waals surface area contributed by atoms with E-state index in [1.165, 1.54) is 167 Å². The summed E-state index contributed by atoms with van der Waals surface area (Å²) in [5, 5.41) is 56.6. The van der Waals surface area contributed by atoms with Gasteiger partial charge in [0.25, 0.3) is 0 Å². The molecule has 0 aromatic heterocycles. The zero-order chi connectivity index (χ0) is 48.5. The smallest absolute Gasteiger partial charge is 0.249 e. The van der Waals surface area contributed by atoms with E-state index in [-0.39, 0.29) is 19.6 Å². The summed E-state index contributed by atoms with van der Waals surface area (Å²) in [6.45, 7) is 7.82. The molecule has 0 unspecified atom stereocenters. The largest absolute Gasteiger partial charge is 0.394 e. The van der Waals surface area contributed by atoms with Crippen molar-refractivity contribution < 1.29 is 44.5 Å². The van der Waals surface area contributed by atoms with Crippen LogP contribution in [0.1, 0.15) is 240 Å². The van der Waals surface area contributed by atoms with E-state index >= 15 is 0 Å². The molecule has 67 heavy (non-hydrogen) atoms. The van der Waals surface area contributed by atoms with Crippen LogP contribution in [0.3, 0.4) is 0 Å². The Morgan fingerprint density at radius 2 is 1.10 bits per heavy atom. The number of hydrogen-bond acceptors (Lipinski definition) is 9. The minimum Gasteiger partial charge on any atom is -0.394 e. The van der Waals surface area contributed by atoms with Crippen LogP contribution in [0.5, 0.6) is 0 Å². The number of amides is 1. The summed E-state index contributed by atoms with van der Waals surface area (Å²) in [5.74, 6) is 3.21. The van der Waals surface area contributed by atoms with E-state index in [0.29, 0.717) is 12.8 Å². The molecule has 1 heterocycles. The maximum Gasteiger partial charge on any atom is 0.249 e. The van der Waals surface area contributed by atoms with Crippen LogP contribution in [0.4, 0.5) is 0 Å². The number of rotatable bonds is 44. The van der Waals surface area contributed by atoms with Crippen LogP contribution in [0.25, 0.3) is 0 Å². The molecule has 392 valence electrons. The number of aliphatic hydroxyl groups is 5. The standard InChI is InChI=1S/C57H105NO9/c1-5-7-9-11-13-15-20-26-32-45-40-47(45)34-28-22-17-18-24-31-37-51(61)56(64)58-49(43-66-57-55(65-39-38-44(3)4)54(63)53(62)52(42-59)67-57)50(60)36-30-25-19-23-29-35-48-41-46(48)33-27-21-16-14-12-10-8-6-2/h18,24,38,45-55,57,59-63H,5-17,19-23,25-37,39-43H2,1-4H3,(H,58,64)/b24-18-/t45-,46+,47+,48-,49+,50-,51-,52-,53+,54+,55-,57-/m1/s1. The SMILES string of the molecule is CCCCCCCCCC[C@@H]1C[C@@H]1CCCC/C=C\CC[C@@H](O)C(=O)N[C@@H](CO[C@@H]1O[C@H](CO)[C@H](O)[C@H](O)[C@H]1OCC=C(C)C)[C@H](O)CCCCCCC[C@@H]1C[C@@H]1CCCCCCCCCC. The molecule has 1 amide bonds. The van der Waals surface area contributed by atoms with Crippen LogP contribution < -0.4 is 5.32 Å². The fraction of sp³-hybridized carbons (Fsp3) is 0.912. The molecule has 10 nitrogen and oxygen atoms in total. The molecule has 12 atom stereocenters. The molecule has 3 rings (SSSR count). The molecule has 2 aliphatic carbocycles. The normalized spacial score (nSPS) is 26.1. The van der Waals surface area contributed by atoms with E-state index in [1.807, 2.05) is 19.9 Å². The van der Waals surface area contributed by atoms with Crippen molar-refractivity contribution in [1.29, 1.82) is 0 Å². The number of nitrogens with one attached hydrogen (secondary N) is 1. The number of carbonyl (C=O) groups excluding carboxylic acids is 1. The lowest BCUT2D eigenvalue weighted by Gasteiger charge is -2.42. The molecule has 1 saturated heterocycles. The summed E-state index contributed by atoms with van der Waals surface area (Å²) in [4.78, 5) is 13.4. The molecule has 0 radical (unpaired) electrons. The van der Waals surface area contributed by atoms with Gasteiger partial charge in [0, 0.05) is 0 Å². The third-order valence-electron chi connectivity index (χ3n) is 15.2. The van der Waals surface area contributed by atoms with Crippen molar-refractivity contribution in [3.63, 3.8) is 0 Å². The van der Waals surface area contributed by atoms with Crippen LogP contribution in [0.2, 0.25) is 0 Å². The highest BCUT2D eigenvalue weighted by Gasteiger charge is 2.46. The van der Waals surface area contributed by atoms with Crippen LogP contribution in [0, 0.1) is 23.7 Å². The molecular weight excluding hydrogens is 843 g/mol. The first-order chi connectivity index (χ1) is 32.6. The summed E-state index contributed by atoms with van der Waals surface area (Å²) < 4.78 is 17.9. The van der Waals surface area contributed by atoms with Crippen molar-refractivity contribution in [2.24, 2.45) is 23.7 Å². The van der Waals surface area contributed by atoms with Gasteiger partial charge < -0.3 is 45.1 Å². The number of aliphatic hydroxyl groups excluding tert-OH is 5. The molecule has 1 aliphatic heterocycles. The van der Waals surface area contributed by atoms with E-state index < -0.39 is 61.5 Å². The highest BCUT2D eigenvalue weighted by Crippen LogP contribution is 2.46. The average Bonchev–Trinajstić information content (AvgIpc) is 4.25. The zero-order valence-corrected chi connectivity index (χ0v) is 43.5. The molecule has 0 aromatic rings. The van der Waals surface area contributed by atoms with Crippen molar-refractivity contribution in [2.45, 2.75) is 289 Å². The van der Waals surface area contributed by atoms with Crippen molar-refractivity contribution >= 4 is 5.91 Å². The van der Waals surface area contributed by atoms with Crippen LogP contribution in [-0.4, -0.2) is 100 Å². The predicted molar refractivity (Wildman–Crippen MR) is 274 cm³/mol. The minimum absolute atomic E-state index is 0.147. The minimum atomic E-state index is -1.39. The van der Waals surface area contributed by atoms with Crippen LogP contribution in [-0.2, 0) is 19.0 Å². The van der Waals surface area contributed by atoms with E-state index in [9.17, 15) is 30.3 Å².